The van der Waals surface area contributed by atoms with Crippen LogP contribution < -0.4 is 0 Å². The Morgan fingerprint density at radius 1 is 1.05 bits per heavy atom. The second-order valence-electron chi connectivity index (χ2n) is 5.87. The third-order valence-corrected chi connectivity index (χ3v) is 4.87. The molecule has 1 unspecified atom stereocenters. The van der Waals surface area contributed by atoms with E-state index in [0.29, 0.717) is 0 Å². The van der Waals surface area contributed by atoms with Gasteiger partial charge in [0.1, 0.15) is 0 Å². The maximum atomic E-state index is 6.28. The van der Waals surface area contributed by atoms with Crippen LogP contribution in [-0.2, 0) is 6.54 Å². The Morgan fingerprint density at radius 3 is 2.63 bits per heavy atom. The van der Waals surface area contributed by atoms with Crippen LogP contribution in [0.15, 0.2) is 24.3 Å². The van der Waals surface area contributed by atoms with Gasteiger partial charge in [-0.25, -0.2) is 0 Å². The summed E-state index contributed by atoms with van der Waals surface area (Å²) in [7, 11) is 0. The molecule has 1 aromatic rings. The molecule has 0 radical (unpaired) electrons. The molecule has 0 aromatic heterocycles. The van der Waals surface area contributed by atoms with E-state index >= 15 is 0 Å². The molecule has 0 spiro atoms. The van der Waals surface area contributed by atoms with Gasteiger partial charge in [-0.15, -0.1) is 0 Å². The summed E-state index contributed by atoms with van der Waals surface area (Å²) in [6.45, 7) is 6.10. The van der Waals surface area contributed by atoms with Crippen molar-refractivity contribution in [3.8, 4) is 0 Å². The first kappa shape index (κ1) is 13.4. The van der Waals surface area contributed by atoms with Crippen molar-refractivity contribution in [3.05, 3.63) is 34.9 Å². The molecule has 1 atom stereocenters. The van der Waals surface area contributed by atoms with Gasteiger partial charge in [0.25, 0.3) is 0 Å². The second kappa shape index (κ2) is 6.25. The van der Waals surface area contributed by atoms with Crippen LogP contribution in [0.1, 0.15) is 31.2 Å². The van der Waals surface area contributed by atoms with Gasteiger partial charge >= 0.3 is 0 Å². The molecule has 2 fully saturated rings. The number of benzene rings is 1. The van der Waals surface area contributed by atoms with Crippen molar-refractivity contribution in [1.29, 1.82) is 0 Å². The fourth-order valence-corrected chi connectivity index (χ4v) is 3.61. The number of rotatable bonds is 4. The van der Waals surface area contributed by atoms with Gasteiger partial charge in [0, 0.05) is 24.2 Å². The number of hydrogen-bond acceptors (Lipinski definition) is 2. The van der Waals surface area contributed by atoms with Gasteiger partial charge < -0.3 is 4.90 Å². The molecule has 2 nitrogen and oxygen atoms in total. The monoisotopic (exact) mass is 278 g/mol. The maximum Gasteiger partial charge on any atom is 0.0451 e. The standard InChI is InChI=1S/C16H23ClN2/c17-16-8-2-1-6-14(16)12-19-11-5-7-15(19)13-18-9-3-4-10-18/h1-2,6,8,15H,3-5,7,9-13H2. The smallest absolute Gasteiger partial charge is 0.0451 e. The molecule has 2 saturated heterocycles. The predicted molar refractivity (Wildman–Crippen MR) is 80.6 cm³/mol. The highest BCUT2D eigenvalue weighted by atomic mass is 35.5. The molecule has 3 rings (SSSR count). The van der Waals surface area contributed by atoms with Crippen LogP contribution in [0.3, 0.4) is 0 Å². The normalized spacial score (nSPS) is 25.2. The largest absolute Gasteiger partial charge is 0.302 e. The Balaban J connectivity index is 1.61. The van der Waals surface area contributed by atoms with Crippen LogP contribution in [0.2, 0.25) is 5.02 Å². The summed E-state index contributed by atoms with van der Waals surface area (Å²) in [5, 5.41) is 0.911. The minimum atomic E-state index is 0.731. The molecule has 0 amide bonds. The first-order chi connectivity index (χ1) is 9.33. The Labute approximate surface area is 121 Å². The van der Waals surface area contributed by atoms with Crippen molar-refractivity contribution in [2.45, 2.75) is 38.3 Å². The first-order valence-electron chi connectivity index (χ1n) is 7.53. The van der Waals surface area contributed by atoms with E-state index in [1.807, 2.05) is 12.1 Å². The Bertz CT molecular complexity index is 415. The molecular formula is C16H23ClN2. The first-order valence-corrected chi connectivity index (χ1v) is 7.90. The summed E-state index contributed by atoms with van der Waals surface area (Å²) in [6.07, 6.45) is 5.46. The van der Waals surface area contributed by atoms with Crippen LogP contribution in [0.25, 0.3) is 0 Å². The van der Waals surface area contributed by atoms with Crippen LogP contribution in [0.5, 0.6) is 0 Å². The zero-order valence-electron chi connectivity index (χ0n) is 11.5. The number of halogens is 1. The molecular weight excluding hydrogens is 256 g/mol. The molecule has 0 bridgehead atoms. The minimum Gasteiger partial charge on any atom is -0.302 e. The quantitative estimate of drug-likeness (QED) is 0.833. The van der Waals surface area contributed by atoms with Crippen molar-refractivity contribution in [2.24, 2.45) is 0 Å². The van der Waals surface area contributed by atoms with E-state index in [-0.39, 0.29) is 0 Å². The molecule has 1 aromatic carbocycles. The molecule has 2 aliphatic rings. The zero-order chi connectivity index (χ0) is 13.1. The maximum absolute atomic E-state index is 6.28. The molecule has 0 N–H and O–H groups in total. The van der Waals surface area contributed by atoms with Crippen LogP contribution in [0, 0.1) is 0 Å². The van der Waals surface area contributed by atoms with Crippen molar-refractivity contribution in [2.75, 3.05) is 26.2 Å². The highest BCUT2D eigenvalue weighted by molar-refractivity contribution is 6.31. The topological polar surface area (TPSA) is 6.48 Å². The van der Waals surface area contributed by atoms with Gasteiger partial charge in [-0.05, 0) is 56.9 Å². The average Bonchev–Trinajstić information content (AvgIpc) is 3.06. The van der Waals surface area contributed by atoms with E-state index in [9.17, 15) is 0 Å². The number of hydrogen-bond donors (Lipinski definition) is 0. The SMILES string of the molecule is Clc1ccccc1CN1CCCC1CN1CCCC1. The Morgan fingerprint density at radius 2 is 1.84 bits per heavy atom. The summed E-state index contributed by atoms with van der Waals surface area (Å²) in [5.74, 6) is 0. The van der Waals surface area contributed by atoms with E-state index in [1.54, 1.807) is 0 Å². The average molecular weight is 279 g/mol. The summed E-state index contributed by atoms with van der Waals surface area (Å²) in [5.41, 5.74) is 1.28. The highest BCUT2D eigenvalue weighted by Gasteiger charge is 2.27. The summed E-state index contributed by atoms with van der Waals surface area (Å²) in [4.78, 5) is 5.26. The van der Waals surface area contributed by atoms with Crippen molar-refractivity contribution >= 4 is 11.6 Å². The third-order valence-electron chi connectivity index (χ3n) is 4.50. The lowest BCUT2D eigenvalue weighted by atomic mass is 10.1. The van der Waals surface area contributed by atoms with Gasteiger partial charge in [0.15, 0.2) is 0 Å². The lowest BCUT2D eigenvalue weighted by Crippen LogP contribution is -2.38. The summed E-state index contributed by atoms with van der Waals surface area (Å²) < 4.78 is 0. The fourth-order valence-electron chi connectivity index (χ4n) is 3.42. The molecule has 3 heteroatoms. The molecule has 0 aliphatic carbocycles. The third kappa shape index (κ3) is 3.31. The highest BCUT2D eigenvalue weighted by Crippen LogP contribution is 2.25. The van der Waals surface area contributed by atoms with Crippen molar-refractivity contribution < 1.29 is 0 Å². The molecule has 104 valence electrons. The van der Waals surface area contributed by atoms with Crippen molar-refractivity contribution in [1.82, 2.24) is 9.80 Å². The lowest BCUT2D eigenvalue weighted by molar-refractivity contribution is 0.185. The van der Waals surface area contributed by atoms with E-state index in [2.05, 4.69) is 21.9 Å². The van der Waals surface area contributed by atoms with Crippen LogP contribution in [-0.4, -0.2) is 42.0 Å². The lowest BCUT2D eigenvalue weighted by Gasteiger charge is -2.28. The number of likely N-dealkylation sites (tertiary alicyclic amines) is 2. The fraction of sp³-hybridized carbons (Fsp3) is 0.625. The minimum absolute atomic E-state index is 0.731. The molecule has 2 aliphatic heterocycles. The molecule has 2 heterocycles. The van der Waals surface area contributed by atoms with Crippen LogP contribution >= 0.6 is 11.6 Å². The van der Waals surface area contributed by atoms with E-state index < -0.39 is 0 Å². The van der Waals surface area contributed by atoms with E-state index in [4.69, 9.17) is 11.6 Å². The van der Waals surface area contributed by atoms with Gasteiger partial charge in [-0.2, -0.15) is 0 Å². The van der Waals surface area contributed by atoms with Gasteiger partial charge in [0.05, 0.1) is 0 Å². The predicted octanol–water partition coefficient (Wildman–Crippen LogP) is 3.40. The van der Waals surface area contributed by atoms with E-state index in [1.165, 1.54) is 57.4 Å². The Hall–Kier alpha value is -0.570. The van der Waals surface area contributed by atoms with Gasteiger partial charge in [0.2, 0.25) is 0 Å². The van der Waals surface area contributed by atoms with Gasteiger partial charge in [-0.1, -0.05) is 29.8 Å². The van der Waals surface area contributed by atoms with Crippen molar-refractivity contribution in [3.63, 3.8) is 0 Å². The Kier molecular flexibility index (Phi) is 4.42. The molecule has 0 saturated carbocycles. The van der Waals surface area contributed by atoms with E-state index in [0.717, 1.165) is 17.6 Å². The summed E-state index contributed by atoms with van der Waals surface area (Å²) >= 11 is 6.28. The number of nitrogens with zero attached hydrogens (tertiary/aromatic N) is 2. The summed E-state index contributed by atoms with van der Waals surface area (Å²) in [6, 6.07) is 9.00. The van der Waals surface area contributed by atoms with Gasteiger partial charge in [-0.3, -0.25) is 4.90 Å². The van der Waals surface area contributed by atoms with Crippen LogP contribution in [0.4, 0.5) is 0 Å². The zero-order valence-corrected chi connectivity index (χ0v) is 12.3. The second-order valence-corrected chi connectivity index (χ2v) is 6.27. The molecule has 19 heavy (non-hydrogen) atoms.